The van der Waals surface area contributed by atoms with Gasteiger partial charge in [0.2, 0.25) is 0 Å². The molecule has 7 heteroatoms. The first kappa shape index (κ1) is 13.3. The van der Waals surface area contributed by atoms with Crippen LogP contribution in [0.4, 0.5) is 20.4 Å². The van der Waals surface area contributed by atoms with Crippen molar-refractivity contribution >= 4 is 11.6 Å². The standard InChI is InChI=1S/C12H15F2N5/c13-9-7-10(14)12(18-11(9)15)17-3-1-2-5-19-6-4-16-8-19/h4,6-8H,1-3,5H2,(H3,15,17,18). The molecule has 19 heavy (non-hydrogen) atoms. The fourth-order valence-electron chi connectivity index (χ4n) is 1.65. The van der Waals surface area contributed by atoms with Gasteiger partial charge in [0.05, 0.1) is 6.33 Å². The molecule has 0 unspecified atom stereocenters. The zero-order valence-electron chi connectivity index (χ0n) is 10.3. The highest BCUT2D eigenvalue weighted by Crippen LogP contribution is 2.16. The van der Waals surface area contributed by atoms with Crippen LogP contribution in [-0.2, 0) is 6.54 Å². The third-order valence-electron chi connectivity index (χ3n) is 2.65. The van der Waals surface area contributed by atoms with Crippen LogP contribution >= 0.6 is 0 Å². The molecule has 2 aromatic heterocycles. The number of hydrogen-bond acceptors (Lipinski definition) is 4. The van der Waals surface area contributed by atoms with Crippen LogP contribution in [0.5, 0.6) is 0 Å². The van der Waals surface area contributed by atoms with Crippen LogP contribution in [0.15, 0.2) is 24.8 Å². The van der Waals surface area contributed by atoms with Crippen LogP contribution in [-0.4, -0.2) is 21.1 Å². The van der Waals surface area contributed by atoms with E-state index in [4.69, 9.17) is 5.73 Å². The molecule has 0 saturated heterocycles. The molecule has 2 rings (SSSR count). The summed E-state index contributed by atoms with van der Waals surface area (Å²) in [4.78, 5) is 7.56. The number of pyridine rings is 1. The minimum Gasteiger partial charge on any atom is -0.381 e. The topological polar surface area (TPSA) is 68.8 Å². The fraction of sp³-hybridized carbons (Fsp3) is 0.333. The molecule has 5 nitrogen and oxygen atoms in total. The van der Waals surface area contributed by atoms with Crippen LogP contribution in [0.3, 0.4) is 0 Å². The molecule has 0 saturated carbocycles. The van der Waals surface area contributed by atoms with Crippen molar-refractivity contribution in [1.82, 2.24) is 14.5 Å². The van der Waals surface area contributed by atoms with E-state index in [2.05, 4.69) is 15.3 Å². The molecule has 102 valence electrons. The number of aryl methyl sites for hydroxylation is 1. The van der Waals surface area contributed by atoms with E-state index in [9.17, 15) is 8.78 Å². The molecular formula is C12H15F2N5. The number of nitrogens with one attached hydrogen (secondary N) is 1. The maximum absolute atomic E-state index is 13.3. The zero-order chi connectivity index (χ0) is 13.7. The van der Waals surface area contributed by atoms with E-state index in [1.165, 1.54) is 0 Å². The van der Waals surface area contributed by atoms with E-state index in [-0.39, 0.29) is 11.6 Å². The average molecular weight is 267 g/mol. The van der Waals surface area contributed by atoms with Gasteiger partial charge in [0.1, 0.15) is 0 Å². The Balaban J connectivity index is 1.75. The van der Waals surface area contributed by atoms with Gasteiger partial charge in [-0.2, -0.15) is 0 Å². The van der Waals surface area contributed by atoms with Gasteiger partial charge < -0.3 is 15.6 Å². The van der Waals surface area contributed by atoms with Crippen molar-refractivity contribution in [3.05, 3.63) is 36.4 Å². The normalized spacial score (nSPS) is 10.6. The van der Waals surface area contributed by atoms with Crippen molar-refractivity contribution in [1.29, 1.82) is 0 Å². The lowest BCUT2D eigenvalue weighted by atomic mass is 10.3. The SMILES string of the molecule is Nc1nc(NCCCCn2ccnc2)c(F)cc1F. The lowest BCUT2D eigenvalue weighted by Crippen LogP contribution is -2.09. The highest BCUT2D eigenvalue weighted by atomic mass is 19.1. The predicted octanol–water partition coefficient (Wildman–Crippen LogP) is 2.03. The summed E-state index contributed by atoms with van der Waals surface area (Å²) in [7, 11) is 0. The number of nitrogens with two attached hydrogens (primary N) is 1. The molecule has 0 fully saturated rings. The van der Waals surface area contributed by atoms with Crippen LogP contribution in [0.2, 0.25) is 0 Å². The molecule has 3 N–H and O–H groups in total. The number of unbranched alkanes of at least 4 members (excludes halogenated alkanes) is 1. The third kappa shape index (κ3) is 3.64. The van der Waals surface area contributed by atoms with Crippen molar-refractivity contribution in [2.24, 2.45) is 0 Å². The Bertz CT molecular complexity index is 527. The van der Waals surface area contributed by atoms with E-state index >= 15 is 0 Å². The molecule has 2 aromatic rings. The summed E-state index contributed by atoms with van der Waals surface area (Å²) in [5.41, 5.74) is 5.28. The second-order valence-electron chi connectivity index (χ2n) is 4.12. The molecule has 0 aliphatic carbocycles. The molecule has 0 bridgehead atoms. The molecule has 0 radical (unpaired) electrons. The van der Waals surface area contributed by atoms with Gasteiger partial charge >= 0.3 is 0 Å². The Morgan fingerprint density at radius 3 is 2.84 bits per heavy atom. The Kier molecular flexibility index (Phi) is 4.27. The van der Waals surface area contributed by atoms with E-state index in [1.807, 2.05) is 10.8 Å². The van der Waals surface area contributed by atoms with Gasteiger partial charge in [-0.15, -0.1) is 0 Å². The fourth-order valence-corrected chi connectivity index (χ4v) is 1.65. The summed E-state index contributed by atoms with van der Waals surface area (Å²) in [6, 6.07) is 0.732. The van der Waals surface area contributed by atoms with Gasteiger partial charge in [0.15, 0.2) is 23.3 Å². The Labute approximate surface area is 109 Å². The predicted molar refractivity (Wildman–Crippen MR) is 68.5 cm³/mol. The van der Waals surface area contributed by atoms with Gasteiger partial charge in [-0.3, -0.25) is 0 Å². The Morgan fingerprint density at radius 1 is 1.26 bits per heavy atom. The van der Waals surface area contributed by atoms with Crippen molar-refractivity contribution in [3.63, 3.8) is 0 Å². The molecule has 0 aromatic carbocycles. The van der Waals surface area contributed by atoms with Gasteiger partial charge in [0, 0.05) is 31.5 Å². The van der Waals surface area contributed by atoms with E-state index in [1.54, 1.807) is 12.5 Å². The van der Waals surface area contributed by atoms with E-state index in [0.717, 1.165) is 25.5 Å². The maximum atomic E-state index is 13.3. The van der Waals surface area contributed by atoms with Gasteiger partial charge in [-0.1, -0.05) is 0 Å². The lowest BCUT2D eigenvalue weighted by molar-refractivity contribution is 0.577. The minimum atomic E-state index is -0.844. The van der Waals surface area contributed by atoms with Crippen LogP contribution < -0.4 is 11.1 Å². The zero-order valence-corrected chi connectivity index (χ0v) is 10.3. The van der Waals surface area contributed by atoms with E-state index in [0.29, 0.717) is 6.54 Å². The number of anilines is 2. The summed E-state index contributed by atoms with van der Waals surface area (Å²) in [5, 5.41) is 2.80. The largest absolute Gasteiger partial charge is 0.381 e. The summed E-state index contributed by atoms with van der Waals surface area (Å²) >= 11 is 0. The van der Waals surface area contributed by atoms with Crippen LogP contribution in [0.1, 0.15) is 12.8 Å². The van der Waals surface area contributed by atoms with Crippen molar-refractivity contribution in [3.8, 4) is 0 Å². The highest BCUT2D eigenvalue weighted by molar-refractivity contribution is 5.44. The number of nitrogen functional groups attached to an aromatic ring is 1. The Hall–Kier alpha value is -2.18. The van der Waals surface area contributed by atoms with Gasteiger partial charge in [0.25, 0.3) is 0 Å². The number of halogens is 2. The van der Waals surface area contributed by atoms with Crippen molar-refractivity contribution < 1.29 is 8.78 Å². The molecule has 0 atom stereocenters. The van der Waals surface area contributed by atoms with Gasteiger partial charge in [-0.25, -0.2) is 18.7 Å². The van der Waals surface area contributed by atoms with E-state index < -0.39 is 11.6 Å². The maximum Gasteiger partial charge on any atom is 0.168 e. The first-order valence-electron chi connectivity index (χ1n) is 5.98. The summed E-state index contributed by atoms with van der Waals surface area (Å²) in [6.07, 6.45) is 7.10. The smallest absolute Gasteiger partial charge is 0.168 e. The van der Waals surface area contributed by atoms with Crippen LogP contribution in [0, 0.1) is 11.6 Å². The molecule has 0 aliphatic heterocycles. The molecule has 0 aliphatic rings. The number of rotatable bonds is 6. The molecule has 2 heterocycles. The summed E-state index contributed by atoms with van der Waals surface area (Å²) in [6.45, 7) is 1.40. The number of aromatic nitrogens is 3. The monoisotopic (exact) mass is 267 g/mol. The Morgan fingerprint density at radius 2 is 2.11 bits per heavy atom. The van der Waals surface area contributed by atoms with Crippen molar-refractivity contribution in [2.45, 2.75) is 19.4 Å². The van der Waals surface area contributed by atoms with Crippen LogP contribution in [0.25, 0.3) is 0 Å². The number of imidazole rings is 1. The quantitative estimate of drug-likeness (QED) is 0.786. The summed E-state index contributed by atoms with van der Waals surface area (Å²) < 4.78 is 28.2. The third-order valence-corrected chi connectivity index (χ3v) is 2.65. The second-order valence-corrected chi connectivity index (χ2v) is 4.12. The lowest BCUT2D eigenvalue weighted by Gasteiger charge is -2.08. The minimum absolute atomic E-state index is 0.0125. The number of hydrogen-bond donors (Lipinski definition) is 2. The average Bonchev–Trinajstić information content (AvgIpc) is 2.88. The first-order valence-corrected chi connectivity index (χ1v) is 5.98. The van der Waals surface area contributed by atoms with Gasteiger partial charge in [-0.05, 0) is 12.8 Å². The number of nitrogens with zero attached hydrogens (tertiary/aromatic N) is 3. The molecule has 0 spiro atoms. The highest BCUT2D eigenvalue weighted by Gasteiger charge is 2.08. The molecule has 0 amide bonds. The summed E-state index contributed by atoms with van der Waals surface area (Å²) in [5.74, 6) is -1.90. The first-order chi connectivity index (χ1) is 9.16. The molecular weight excluding hydrogens is 252 g/mol. The van der Waals surface area contributed by atoms with Crippen molar-refractivity contribution in [2.75, 3.05) is 17.6 Å². The second kappa shape index (κ2) is 6.12.